The van der Waals surface area contributed by atoms with E-state index in [0.717, 1.165) is 38.5 Å². The fourth-order valence-electron chi connectivity index (χ4n) is 5.90. The predicted molar refractivity (Wildman–Crippen MR) is 186 cm³/mol. The molecule has 2 fully saturated rings. The Hall–Kier alpha value is -3.17. The van der Waals surface area contributed by atoms with Gasteiger partial charge in [-0.1, -0.05) is 53.4 Å². The monoisotopic (exact) mass is 690 g/mol. The van der Waals surface area contributed by atoms with Crippen molar-refractivity contribution in [3.8, 4) is 0 Å². The number of likely N-dealkylation sites (N-methyl/N-ethyl adjacent to an activating group) is 1. The van der Waals surface area contributed by atoms with E-state index in [1.54, 1.807) is 40.1 Å². The molecule has 0 aromatic carbocycles. The van der Waals surface area contributed by atoms with Crippen LogP contribution in [0.3, 0.4) is 0 Å². The van der Waals surface area contributed by atoms with Gasteiger partial charge in [0, 0.05) is 20.1 Å². The smallest absolute Gasteiger partial charge is 0.323 e. The second kappa shape index (κ2) is 17.7. The molecule has 1 amide bonds. The van der Waals surface area contributed by atoms with Gasteiger partial charge in [0.05, 0.1) is 11.4 Å². The topological polar surface area (TPSA) is 199 Å². The second-order valence-electron chi connectivity index (χ2n) is 14.5. The number of esters is 2. The number of aromatic nitrogens is 1. The Morgan fingerprint density at radius 3 is 2.49 bits per heavy atom. The fraction of sp³-hybridized carbons (Fsp3) is 0.743. The molecule has 0 spiro atoms. The molecule has 1 aromatic heterocycles. The third-order valence-corrected chi connectivity index (χ3v) is 9.21. The molecular formula is C35H58N6O8. The number of nitrogens with two attached hydrogens (primary N) is 1. The van der Waals surface area contributed by atoms with Crippen LogP contribution in [0, 0.1) is 11.3 Å². The first-order chi connectivity index (χ1) is 23.1. The number of aliphatic hydroxyl groups excluding tert-OH is 1. The summed E-state index contributed by atoms with van der Waals surface area (Å²) in [6, 6.07) is 2.32. The number of carbonyl (C=O) groups is 3. The number of carbonyl (C=O) groups excluding carboxylic acids is 3. The van der Waals surface area contributed by atoms with E-state index in [1.165, 1.54) is 12.8 Å². The van der Waals surface area contributed by atoms with Gasteiger partial charge in [0.15, 0.2) is 17.7 Å². The van der Waals surface area contributed by atoms with E-state index in [-0.39, 0.29) is 24.3 Å². The standard InChI is InChI=1S/C35H58N6O8/c1-9-10-18-47-34(5,6)32(45)41-30(39-21-37-7)23-16-17-25(40-23)35(38-8)29(43)27(48-31(44)28(36)33(2,3)4)24(49-35)20-46-26(42)19-22-14-12-11-13-15-22/h16-17,21-22,24,27-29,38,40,43H,9-15,18-20,36H2,1-8H3,(H,37,39,41,45)/t24-,27-,28+,29-,35+/m1/s1. The van der Waals surface area contributed by atoms with E-state index in [0.29, 0.717) is 24.4 Å². The Labute approximate surface area is 290 Å². The summed E-state index contributed by atoms with van der Waals surface area (Å²) in [5.41, 5.74) is 3.52. The highest BCUT2D eigenvalue weighted by atomic mass is 16.6. The maximum Gasteiger partial charge on any atom is 0.323 e. The van der Waals surface area contributed by atoms with Crippen LogP contribution in [0.5, 0.6) is 0 Å². The fourth-order valence-corrected chi connectivity index (χ4v) is 5.90. The summed E-state index contributed by atoms with van der Waals surface area (Å²) in [7, 11) is 3.13. The lowest BCUT2D eigenvalue weighted by molar-refractivity contribution is -0.164. The molecule has 6 N–H and O–H groups in total. The van der Waals surface area contributed by atoms with Crippen molar-refractivity contribution in [2.24, 2.45) is 27.1 Å². The number of aliphatic hydroxyl groups is 1. The summed E-state index contributed by atoms with van der Waals surface area (Å²) in [5.74, 6) is -1.09. The molecule has 0 bridgehead atoms. The molecule has 5 atom stereocenters. The molecule has 1 aliphatic carbocycles. The van der Waals surface area contributed by atoms with Crippen LogP contribution in [-0.2, 0) is 39.1 Å². The molecule has 2 heterocycles. The average Bonchev–Trinajstić information content (AvgIpc) is 3.65. The SMILES string of the molecule is CCCCOC(C)(C)C(=O)NC(=NC=NC)c1ccc([C@]2(NC)O[C@H](COC(=O)CC3CCCCC3)[C@@H](OC(=O)[C@H](N)C(C)(C)C)[C@H]2O)[nH]1. The molecule has 49 heavy (non-hydrogen) atoms. The van der Waals surface area contributed by atoms with Gasteiger partial charge >= 0.3 is 11.9 Å². The number of H-pyrrole nitrogens is 1. The number of amidine groups is 1. The Morgan fingerprint density at radius 1 is 1.18 bits per heavy atom. The van der Waals surface area contributed by atoms with Gasteiger partial charge in [-0.2, -0.15) is 0 Å². The van der Waals surface area contributed by atoms with Gasteiger partial charge in [-0.15, -0.1) is 0 Å². The highest BCUT2D eigenvalue weighted by Gasteiger charge is 2.58. The van der Waals surface area contributed by atoms with Crippen molar-refractivity contribution in [3.63, 3.8) is 0 Å². The maximum absolute atomic E-state index is 13.3. The van der Waals surface area contributed by atoms with E-state index in [4.69, 9.17) is 24.7 Å². The number of hydrogen-bond donors (Lipinski definition) is 5. The van der Waals surface area contributed by atoms with Gasteiger partial charge in [-0.05, 0) is 63.6 Å². The van der Waals surface area contributed by atoms with E-state index in [9.17, 15) is 19.5 Å². The van der Waals surface area contributed by atoms with Crippen molar-refractivity contribution in [2.75, 3.05) is 27.3 Å². The molecule has 14 heteroatoms. The number of ether oxygens (including phenoxy) is 4. The number of nitrogens with one attached hydrogen (secondary N) is 3. The molecule has 276 valence electrons. The van der Waals surface area contributed by atoms with E-state index in [1.807, 2.05) is 27.7 Å². The summed E-state index contributed by atoms with van der Waals surface area (Å²) in [5, 5.41) is 17.7. The lowest BCUT2D eigenvalue weighted by atomic mass is 9.87. The van der Waals surface area contributed by atoms with Gasteiger partial charge < -0.3 is 40.1 Å². The van der Waals surface area contributed by atoms with Crippen LogP contribution in [0.15, 0.2) is 22.1 Å². The zero-order valence-electron chi connectivity index (χ0n) is 30.5. The molecule has 0 unspecified atom stereocenters. The molecular weight excluding hydrogens is 632 g/mol. The summed E-state index contributed by atoms with van der Waals surface area (Å²) >= 11 is 0. The quantitative estimate of drug-likeness (QED) is 0.0789. The highest BCUT2D eigenvalue weighted by Crippen LogP contribution is 2.39. The minimum absolute atomic E-state index is 0.153. The summed E-state index contributed by atoms with van der Waals surface area (Å²) < 4.78 is 23.7. The lowest BCUT2D eigenvalue weighted by Crippen LogP contribution is -2.52. The van der Waals surface area contributed by atoms with Crippen LogP contribution >= 0.6 is 0 Å². The third-order valence-electron chi connectivity index (χ3n) is 9.21. The molecule has 0 radical (unpaired) electrons. The number of amides is 1. The van der Waals surface area contributed by atoms with E-state index in [2.05, 4.69) is 25.6 Å². The Kier molecular flexibility index (Phi) is 14.5. The normalized spacial score (nSPS) is 24.6. The molecule has 14 nitrogen and oxygen atoms in total. The second-order valence-corrected chi connectivity index (χ2v) is 14.5. The zero-order valence-corrected chi connectivity index (χ0v) is 30.5. The minimum atomic E-state index is -1.65. The third kappa shape index (κ3) is 10.4. The number of hydrogen-bond acceptors (Lipinski definition) is 11. The first-order valence-corrected chi connectivity index (χ1v) is 17.4. The van der Waals surface area contributed by atoms with E-state index < -0.39 is 53.0 Å². The Morgan fingerprint density at radius 2 is 1.88 bits per heavy atom. The number of unbranched alkanes of at least 4 members (excludes halogenated alkanes) is 1. The van der Waals surface area contributed by atoms with Crippen LogP contribution in [-0.4, -0.2) is 97.4 Å². The zero-order chi connectivity index (χ0) is 36.4. The van der Waals surface area contributed by atoms with Crippen molar-refractivity contribution in [1.82, 2.24) is 15.6 Å². The first kappa shape index (κ1) is 40.3. The molecule has 1 saturated carbocycles. The molecule has 1 saturated heterocycles. The summed E-state index contributed by atoms with van der Waals surface area (Å²) in [6.07, 6.45) is 4.89. The molecule has 1 aromatic rings. The van der Waals surface area contributed by atoms with Crippen LogP contribution in [0.25, 0.3) is 0 Å². The summed E-state index contributed by atoms with van der Waals surface area (Å²) in [6.45, 7) is 11.0. The maximum atomic E-state index is 13.3. The Bertz CT molecular complexity index is 1320. The summed E-state index contributed by atoms with van der Waals surface area (Å²) in [4.78, 5) is 50.7. The van der Waals surface area contributed by atoms with E-state index >= 15 is 0 Å². The molecule has 2 aliphatic rings. The molecule has 3 rings (SSSR count). The van der Waals surface area contributed by atoms with Gasteiger partial charge in [-0.25, -0.2) is 4.99 Å². The number of rotatable bonds is 15. The van der Waals surface area contributed by atoms with Crippen molar-refractivity contribution in [3.05, 3.63) is 23.5 Å². The number of aliphatic imine (C=N–C) groups is 2. The van der Waals surface area contributed by atoms with Crippen molar-refractivity contribution >= 4 is 30.0 Å². The minimum Gasteiger partial charge on any atom is -0.463 e. The van der Waals surface area contributed by atoms with Gasteiger partial charge in [-0.3, -0.25) is 24.7 Å². The van der Waals surface area contributed by atoms with Crippen LogP contribution in [0.1, 0.15) is 104 Å². The van der Waals surface area contributed by atoms with Gasteiger partial charge in [0.2, 0.25) is 0 Å². The Balaban J connectivity index is 1.90. The number of nitrogens with zero attached hydrogens (tertiary/aromatic N) is 2. The largest absolute Gasteiger partial charge is 0.463 e. The predicted octanol–water partition coefficient (Wildman–Crippen LogP) is 3.06. The van der Waals surface area contributed by atoms with Gasteiger partial charge in [0.1, 0.15) is 36.8 Å². The van der Waals surface area contributed by atoms with Gasteiger partial charge in [0.25, 0.3) is 5.91 Å². The lowest BCUT2D eigenvalue weighted by Gasteiger charge is -2.32. The average molecular weight is 691 g/mol. The van der Waals surface area contributed by atoms with Crippen molar-refractivity contribution < 1.29 is 38.4 Å². The highest BCUT2D eigenvalue weighted by molar-refractivity contribution is 6.11. The first-order valence-electron chi connectivity index (χ1n) is 17.4. The van der Waals surface area contributed by atoms with Crippen LogP contribution in [0.4, 0.5) is 0 Å². The number of aromatic amines is 1. The van der Waals surface area contributed by atoms with Crippen LogP contribution < -0.4 is 16.4 Å². The van der Waals surface area contributed by atoms with Crippen molar-refractivity contribution in [2.45, 2.75) is 129 Å². The van der Waals surface area contributed by atoms with Crippen molar-refractivity contribution in [1.29, 1.82) is 0 Å². The van der Waals surface area contributed by atoms with Crippen LogP contribution in [0.2, 0.25) is 0 Å². The molecule has 1 aliphatic heterocycles.